The number of aryl methyl sites for hydroxylation is 1. The van der Waals surface area contributed by atoms with E-state index in [0.29, 0.717) is 21.3 Å². The van der Waals surface area contributed by atoms with E-state index in [-0.39, 0.29) is 5.82 Å². The number of rotatable bonds is 3. The molecule has 0 saturated carbocycles. The highest BCUT2D eigenvalue weighted by molar-refractivity contribution is 9.10. The number of aromatic nitrogens is 2. The summed E-state index contributed by atoms with van der Waals surface area (Å²) < 4.78 is 13.7. The molecule has 2 rings (SSSR count). The standard InChI is InChI=1S/C12H11BrClFN4/c1-6-3-9(15)7(13)4-10(6)18-11-8(14)5-17-12(16-2)19-11/h3-5H,1-2H3,(H2,16,17,18,19). The Bertz CT molecular complexity index is 621. The molecule has 0 bridgehead atoms. The van der Waals surface area contributed by atoms with E-state index < -0.39 is 0 Å². The molecular formula is C12H11BrClFN4. The topological polar surface area (TPSA) is 49.8 Å². The molecule has 1 aromatic carbocycles. The predicted molar refractivity (Wildman–Crippen MR) is 78.7 cm³/mol. The zero-order chi connectivity index (χ0) is 14.0. The van der Waals surface area contributed by atoms with Crippen molar-refractivity contribution in [3.05, 3.63) is 39.2 Å². The zero-order valence-corrected chi connectivity index (χ0v) is 12.6. The Kier molecular flexibility index (Phi) is 4.21. The van der Waals surface area contributed by atoms with Crippen molar-refractivity contribution in [1.82, 2.24) is 9.97 Å². The summed E-state index contributed by atoms with van der Waals surface area (Å²) in [7, 11) is 1.72. The Labute approximate surface area is 123 Å². The van der Waals surface area contributed by atoms with E-state index in [1.54, 1.807) is 20.0 Å². The molecule has 0 fully saturated rings. The van der Waals surface area contributed by atoms with Gasteiger partial charge in [-0.15, -0.1) is 0 Å². The van der Waals surface area contributed by atoms with Gasteiger partial charge in [0.25, 0.3) is 0 Å². The molecule has 2 aromatic rings. The summed E-state index contributed by atoms with van der Waals surface area (Å²) in [5, 5.41) is 6.28. The van der Waals surface area contributed by atoms with Crippen molar-refractivity contribution in [2.24, 2.45) is 0 Å². The number of halogens is 3. The monoisotopic (exact) mass is 344 g/mol. The Balaban J connectivity index is 2.38. The van der Waals surface area contributed by atoms with E-state index in [1.807, 2.05) is 0 Å². The first kappa shape index (κ1) is 14.0. The minimum absolute atomic E-state index is 0.312. The molecule has 0 aliphatic carbocycles. The molecule has 0 spiro atoms. The van der Waals surface area contributed by atoms with Crippen LogP contribution in [0.2, 0.25) is 5.02 Å². The minimum atomic E-state index is -0.312. The quantitative estimate of drug-likeness (QED) is 0.878. The maximum atomic E-state index is 13.4. The molecule has 4 nitrogen and oxygen atoms in total. The lowest BCUT2D eigenvalue weighted by atomic mass is 10.2. The number of benzene rings is 1. The van der Waals surface area contributed by atoms with Crippen LogP contribution in [-0.4, -0.2) is 17.0 Å². The van der Waals surface area contributed by atoms with Crippen molar-refractivity contribution in [2.75, 3.05) is 17.7 Å². The maximum Gasteiger partial charge on any atom is 0.224 e. The summed E-state index contributed by atoms with van der Waals surface area (Å²) in [4.78, 5) is 8.19. The Morgan fingerprint density at radius 2 is 2.11 bits per heavy atom. The van der Waals surface area contributed by atoms with Crippen molar-refractivity contribution in [1.29, 1.82) is 0 Å². The molecule has 0 aliphatic rings. The predicted octanol–water partition coefficient (Wildman–Crippen LogP) is 4.13. The van der Waals surface area contributed by atoms with Gasteiger partial charge in [-0.25, -0.2) is 9.37 Å². The smallest absolute Gasteiger partial charge is 0.224 e. The number of nitrogens with zero attached hydrogens (tertiary/aromatic N) is 2. The first-order valence-electron chi connectivity index (χ1n) is 5.44. The molecular weight excluding hydrogens is 335 g/mol. The first-order valence-corrected chi connectivity index (χ1v) is 6.61. The summed E-state index contributed by atoms with van der Waals surface area (Å²) in [5.74, 6) is 0.598. The third-order valence-electron chi connectivity index (χ3n) is 2.49. The normalized spacial score (nSPS) is 10.4. The lowest BCUT2D eigenvalue weighted by Gasteiger charge is -2.11. The highest BCUT2D eigenvalue weighted by atomic mass is 79.9. The SMILES string of the molecule is CNc1ncc(Cl)c(Nc2cc(Br)c(F)cc2C)n1. The van der Waals surface area contributed by atoms with E-state index >= 15 is 0 Å². The van der Waals surface area contributed by atoms with Gasteiger partial charge in [0.2, 0.25) is 5.95 Å². The van der Waals surface area contributed by atoms with Crippen molar-refractivity contribution in [2.45, 2.75) is 6.92 Å². The van der Waals surface area contributed by atoms with Gasteiger partial charge in [-0.05, 0) is 40.5 Å². The van der Waals surface area contributed by atoms with E-state index in [2.05, 4.69) is 36.5 Å². The fraction of sp³-hybridized carbons (Fsp3) is 0.167. The van der Waals surface area contributed by atoms with Crippen LogP contribution < -0.4 is 10.6 Å². The summed E-state index contributed by atoms with van der Waals surface area (Å²) in [5.41, 5.74) is 1.47. The Hall–Kier alpha value is -1.40. The van der Waals surface area contributed by atoms with Gasteiger partial charge in [0.1, 0.15) is 10.8 Å². The van der Waals surface area contributed by atoms with Gasteiger partial charge < -0.3 is 10.6 Å². The Morgan fingerprint density at radius 1 is 1.37 bits per heavy atom. The lowest BCUT2D eigenvalue weighted by molar-refractivity contribution is 0.620. The van der Waals surface area contributed by atoms with Crippen LogP contribution in [0.4, 0.5) is 21.8 Å². The van der Waals surface area contributed by atoms with Gasteiger partial charge in [0.05, 0.1) is 10.7 Å². The second-order valence-corrected chi connectivity index (χ2v) is 5.11. The number of nitrogens with one attached hydrogen (secondary N) is 2. The molecule has 0 amide bonds. The molecule has 19 heavy (non-hydrogen) atoms. The summed E-state index contributed by atoms with van der Waals surface area (Å²) in [6.45, 7) is 1.80. The van der Waals surface area contributed by atoms with Crippen LogP contribution in [0.3, 0.4) is 0 Å². The molecule has 0 aliphatic heterocycles. The van der Waals surface area contributed by atoms with Crippen LogP contribution in [0.1, 0.15) is 5.56 Å². The average molecular weight is 346 g/mol. The highest BCUT2D eigenvalue weighted by Crippen LogP contribution is 2.29. The minimum Gasteiger partial charge on any atom is -0.357 e. The van der Waals surface area contributed by atoms with Gasteiger partial charge in [0, 0.05) is 12.7 Å². The van der Waals surface area contributed by atoms with Crippen LogP contribution in [0.5, 0.6) is 0 Å². The van der Waals surface area contributed by atoms with Crippen molar-refractivity contribution in [3.8, 4) is 0 Å². The lowest BCUT2D eigenvalue weighted by Crippen LogP contribution is -2.02. The fourth-order valence-corrected chi connectivity index (χ4v) is 1.97. The fourth-order valence-electron chi connectivity index (χ4n) is 1.48. The molecule has 7 heteroatoms. The molecule has 0 saturated heterocycles. The average Bonchev–Trinajstić information content (AvgIpc) is 2.38. The van der Waals surface area contributed by atoms with E-state index in [1.165, 1.54) is 12.3 Å². The maximum absolute atomic E-state index is 13.4. The van der Waals surface area contributed by atoms with Gasteiger partial charge in [-0.2, -0.15) is 4.98 Å². The second-order valence-electron chi connectivity index (χ2n) is 3.85. The number of anilines is 3. The molecule has 0 unspecified atom stereocenters. The third-order valence-corrected chi connectivity index (χ3v) is 3.37. The molecule has 0 radical (unpaired) electrons. The van der Waals surface area contributed by atoms with Crippen LogP contribution in [0.25, 0.3) is 0 Å². The van der Waals surface area contributed by atoms with Gasteiger partial charge >= 0.3 is 0 Å². The van der Waals surface area contributed by atoms with Crippen LogP contribution in [0, 0.1) is 12.7 Å². The van der Waals surface area contributed by atoms with E-state index in [0.717, 1.165) is 11.3 Å². The highest BCUT2D eigenvalue weighted by Gasteiger charge is 2.09. The summed E-state index contributed by atoms with van der Waals surface area (Å²) in [6.07, 6.45) is 1.50. The molecule has 2 N–H and O–H groups in total. The van der Waals surface area contributed by atoms with Gasteiger partial charge in [-0.3, -0.25) is 0 Å². The molecule has 0 atom stereocenters. The second kappa shape index (κ2) is 5.71. The first-order chi connectivity index (χ1) is 9.01. The Morgan fingerprint density at radius 3 is 2.79 bits per heavy atom. The van der Waals surface area contributed by atoms with Crippen molar-refractivity contribution in [3.63, 3.8) is 0 Å². The van der Waals surface area contributed by atoms with Gasteiger partial charge in [0.15, 0.2) is 5.82 Å². The zero-order valence-electron chi connectivity index (χ0n) is 10.3. The van der Waals surface area contributed by atoms with Crippen LogP contribution >= 0.6 is 27.5 Å². The summed E-state index contributed by atoms with van der Waals surface area (Å²) >= 11 is 9.17. The van der Waals surface area contributed by atoms with Gasteiger partial charge in [-0.1, -0.05) is 11.6 Å². The molecule has 100 valence electrons. The number of hydrogen-bond donors (Lipinski definition) is 2. The number of hydrogen-bond acceptors (Lipinski definition) is 4. The van der Waals surface area contributed by atoms with Crippen molar-refractivity contribution < 1.29 is 4.39 Å². The van der Waals surface area contributed by atoms with Crippen LogP contribution in [-0.2, 0) is 0 Å². The van der Waals surface area contributed by atoms with Crippen LogP contribution in [0.15, 0.2) is 22.8 Å². The van der Waals surface area contributed by atoms with E-state index in [9.17, 15) is 4.39 Å². The third kappa shape index (κ3) is 3.13. The molecule has 1 aromatic heterocycles. The molecule has 1 heterocycles. The summed E-state index contributed by atoms with van der Waals surface area (Å²) in [6, 6.07) is 3.07. The largest absolute Gasteiger partial charge is 0.357 e. The van der Waals surface area contributed by atoms with Crippen molar-refractivity contribution >= 4 is 45.0 Å². The van der Waals surface area contributed by atoms with E-state index in [4.69, 9.17) is 11.6 Å².